The minimum atomic E-state index is -1.30. The zero-order chi connectivity index (χ0) is 26.7. The summed E-state index contributed by atoms with van der Waals surface area (Å²) in [5, 5.41) is 12.3. The van der Waals surface area contributed by atoms with Crippen molar-refractivity contribution in [3.8, 4) is 5.75 Å². The van der Waals surface area contributed by atoms with E-state index in [-0.39, 0.29) is 31.2 Å². The average molecular weight is 519 g/mol. The van der Waals surface area contributed by atoms with Crippen molar-refractivity contribution >= 4 is 18.2 Å². The second-order valence-electron chi connectivity index (χ2n) is 10.5. The third-order valence-electron chi connectivity index (χ3n) is 8.66. The molecule has 9 nitrogen and oxygen atoms in total. The van der Waals surface area contributed by atoms with Gasteiger partial charge in [0.1, 0.15) is 11.5 Å². The number of benzene rings is 2. The fraction of sp³-hybridized carbons (Fsp3) is 0.414. The zero-order valence-electron chi connectivity index (χ0n) is 21.1. The van der Waals surface area contributed by atoms with E-state index in [1.54, 1.807) is 42.5 Å². The van der Waals surface area contributed by atoms with Gasteiger partial charge in [-0.1, -0.05) is 36.4 Å². The number of likely N-dealkylation sites (tertiary alicyclic amines) is 1. The number of hydrogen-bond donors (Lipinski definition) is 2. The van der Waals surface area contributed by atoms with Crippen LogP contribution in [0.1, 0.15) is 52.4 Å². The largest absolute Gasteiger partial charge is 0.480 e. The van der Waals surface area contributed by atoms with Gasteiger partial charge in [-0.05, 0) is 44.1 Å². The molecule has 198 valence electrons. The lowest BCUT2D eigenvalue weighted by Crippen LogP contribution is -2.74. The molecule has 2 bridgehead atoms. The molecule has 0 unspecified atom stereocenters. The first-order valence-corrected chi connectivity index (χ1v) is 12.9. The number of nitrogens with two attached hydrogens (primary N) is 1. The summed E-state index contributed by atoms with van der Waals surface area (Å²) in [4.78, 5) is 40.0. The summed E-state index contributed by atoms with van der Waals surface area (Å²) in [7, 11) is 2.01. The van der Waals surface area contributed by atoms with Crippen molar-refractivity contribution in [2.24, 2.45) is 5.73 Å². The first kappa shape index (κ1) is 24.8. The van der Waals surface area contributed by atoms with E-state index in [1.807, 2.05) is 13.1 Å². The number of esters is 2. The Kier molecular flexibility index (Phi) is 5.90. The highest BCUT2D eigenvalue weighted by atomic mass is 16.6. The molecule has 1 fully saturated rings. The van der Waals surface area contributed by atoms with Crippen molar-refractivity contribution in [3.05, 3.63) is 76.6 Å². The number of rotatable bonds is 7. The molecule has 2 heterocycles. The first-order valence-electron chi connectivity index (χ1n) is 12.9. The number of carbonyl (C=O) groups excluding carboxylic acids is 3. The Morgan fingerprint density at radius 2 is 2.05 bits per heavy atom. The van der Waals surface area contributed by atoms with Crippen LogP contribution in [0.3, 0.4) is 0 Å². The summed E-state index contributed by atoms with van der Waals surface area (Å²) in [5.41, 5.74) is 6.18. The molecular formula is C29H30N2O7. The maximum absolute atomic E-state index is 13.5. The van der Waals surface area contributed by atoms with E-state index >= 15 is 0 Å². The molecule has 1 saturated heterocycles. The van der Waals surface area contributed by atoms with Gasteiger partial charge in [-0.2, -0.15) is 0 Å². The third-order valence-corrected chi connectivity index (χ3v) is 8.66. The molecule has 9 heteroatoms. The van der Waals surface area contributed by atoms with Crippen LogP contribution in [-0.2, 0) is 30.9 Å². The molecule has 2 aliphatic heterocycles. The number of hydrogen-bond acceptors (Lipinski definition) is 9. The number of aliphatic hydroxyl groups is 1. The number of piperidine rings is 1. The fourth-order valence-corrected chi connectivity index (χ4v) is 6.92. The number of ether oxygens (including phenoxy) is 3. The summed E-state index contributed by atoms with van der Waals surface area (Å²) in [6.07, 6.45) is 1.74. The SMILES string of the molecule is CN1CC[C@]23c4c5ccc(C=O)c4O[C@H]2C(OC(=O)[C@H](OC(=O)CCN)c2ccccc2)=CC[C@@]3(O)[C@H]1C5. The summed E-state index contributed by atoms with van der Waals surface area (Å²) in [6.45, 7) is 0.800. The molecule has 2 aliphatic carbocycles. The van der Waals surface area contributed by atoms with Crippen LogP contribution in [0.15, 0.2) is 54.3 Å². The van der Waals surface area contributed by atoms with Gasteiger partial charge in [0.2, 0.25) is 6.10 Å². The maximum Gasteiger partial charge on any atom is 0.357 e. The van der Waals surface area contributed by atoms with Crippen LogP contribution in [0.25, 0.3) is 0 Å². The Hall–Kier alpha value is -3.53. The van der Waals surface area contributed by atoms with Crippen molar-refractivity contribution in [1.82, 2.24) is 4.90 Å². The molecule has 0 radical (unpaired) electrons. The van der Waals surface area contributed by atoms with Crippen LogP contribution in [-0.4, -0.2) is 66.1 Å². The van der Waals surface area contributed by atoms with Crippen LogP contribution in [0.4, 0.5) is 0 Å². The third kappa shape index (κ3) is 3.38. The smallest absolute Gasteiger partial charge is 0.357 e. The van der Waals surface area contributed by atoms with Crippen LogP contribution >= 0.6 is 0 Å². The number of aldehydes is 1. The quantitative estimate of drug-likeness (QED) is 0.417. The first-order chi connectivity index (χ1) is 18.3. The lowest BCUT2D eigenvalue weighted by molar-refractivity contribution is -0.176. The topological polar surface area (TPSA) is 128 Å². The van der Waals surface area contributed by atoms with E-state index in [1.165, 1.54) is 0 Å². The molecule has 0 aromatic heterocycles. The molecule has 3 N–H and O–H groups in total. The Labute approximate surface area is 220 Å². The van der Waals surface area contributed by atoms with Gasteiger partial charge >= 0.3 is 11.9 Å². The van der Waals surface area contributed by atoms with E-state index in [0.29, 0.717) is 36.3 Å². The monoisotopic (exact) mass is 518 g/mol. The second kappa shape index (κ2) is 9.04. The molecule has 38 heavy (non-hydrogen) atoms. The highest BCUT2D eigenvalue weighted by Gasteiger charge is 2.72. The number of carbonyl (C=O) groups is 3. The lowest BCUT2D eigenvalue weighted by Gasteiger charge is -2.61. The van der Waals surface area contributed by atoms with Gasteiger partial charge in [-0.3, -0.25) is 9.59 Å². The van der Waals surface area contributed by atoms with Crippen molar-refractivity contribution in [2.45, 2.75) is 54.9 Å². The lowest BCUT2D eigenvalue weighted by atomic mass is 9.50. The molecule has 4 aliphatic rings. The molecule has 0 saturated carbocycles. The Bertz CT molecular complexity index is 1340. The van der Waals surface area contributed by atoms with Gasteiger partial charge in [0.25, 0.3) is 0 Å². The highest BCUT2D eigenvalue weighted by Crippen LogP contribution is 2.64. The minimum Gasteiger partial charge on any atom is -0.480 e. The number of likely N-dealkylation sites (N-methyl/N-ethyl adjacent to an activating group) is 1. The standard InChI is InChI=1S/C29H30N2O7/c1-31-14-12-28-23-18-7-8-19(16-32)24(23)38-26(28)20(9-11-29(28,35)21(31)15-18)36-27(34)25(37-22(33)10-13-30)17-5-3-2-4-6-17/h2-9,16,21,25-26,35H,10-15,30H2,1H3/t21-,25-,26+,28+,29-/m1/s1. The second-order valence-corrected chi connectivity index (χ2v) is 10.5. The molecular weight excluding hydrogens is 488 g/mol. The van der Waals surface area contributed by atoms with Gasteiger partial charge in [-0.15, -0.1) is 0 Å². The predicted molar refractivity (Wildman–Crippen MR) is 135 cm³/mol. The van der Waals surface area contributed by atoms with Crippen LogP contribution in [0, 0.1) is 0 Å². The predicted octanol–water partition coefficient (Wildman–Crippen LogP) is 1.95. The Morgan fingerprint density at radius 3 is 2.79 bits per heavy atom. The van der Waals surface area contributed by atoms with E-state index < -0.39 is 35.2 Å². The van der Waals surface area contributed by atoms with Crippen LogP contribution < -0.4 is 10.5 Å². The Balaban J connectivity index is 1.40. The number of nitrogens with zero attached hydrogens (tertiary/aromatic N) is 1. The molecule has 5 atom stereocenters. The normalized spacial score (nSPS) is 29.4. The Morgan fingerprint density at radius 1 is 1.26 bits per heavy atom. The van der Waals surface area contributed by atoms with Crippen molar-refractivity contribution < 1.29 is 33.7 Å². The zero-order valence-corrected chi connectivity index (χ0v) is 21.1. The van der Waals surface area contributed by atoms with E-state index in [4.69, 9.17) is 19.9 Å². The summed E-state index contributed by atoms with van der Waals surface area (Å²) >= 11 is 0. The molecule has 1 spiro atoms. The minimum absolute atomic E-state index is 0.0390. The van der Waals surface area contributed by atoms with Crippen molar-refractivity contribution in [2.75, 3.05) is 20.1 Å². The molecule has 0 amide bonds. The van der Waals surface area contributed by atoms with E-state index in [2.05, 4.69) is 4.90 Å². The fourth-order valence-electron chi connectivity index (χ4n) is 6.92. The molecule has 2 aromatic rings. The maximum atomic E-state index is 13.5. The van der Waals surface area contributed by atoms with Gasteiger partial charge in [0, 0.05) is 30.1 Å². The van der Waals surface area contributed by atoms with Gasteiger partial charge in [-0.25, -0.2) is 4.79 Å². The molecule has 2 aromatic carbocycles. The average Bonchev–Trinajstić information content (AvgIpc) is 3.27. The summed E-state index contributed by atoms with van der Waals surface area (Å²) in [5.74, 6) is -0.689. The van der Waals surface area contributed by atoms with Gasteiger partial charge in [0.05, 0.1) is 23.0 Å². The van der Waals surface area contributed by atoms with E-state index in [0.717, 1.165) is 17.4 Å². The van der Waals surface area contributed by atoms with Gasteiger partial charge in [0.15, 0.2) is 12.4 Å². The summed E-state index contributed by atoms with van der Waals surface area (Å²) < 4.78 is 17.9. The van der Waals surface area contributed by atoms with Crippen molar-refractivity contribution in [3.63, 3.8) is 0 Å². The van der Waals surface area contributed by atoms with Crippen LogP contribution in [0.2, 0.25) is 0 Å². The van der Waals surface area contributed by atoms with Crippen LogP contribution in [0.5, 0.6) is 5.75 Å². The van der Waals surface area contributed by atoms with E-state index in [9.17, 15) is 19.5 Å². The van der Waals surface area contributed by atoms with Crippen molar-refractivity contribution in [1.29, 1.82) is 0 Å². The molecule has 6 rings (SSSR count). The van der Waals surface area contributed by atoms with Gasteiger partial charge < -0.3 is 30.0 Å². The highest BCUT2D eigenvalue weighted by molar-refractivity contribution is 5.84. The summed E-state index contributed by atoms with van der Waals surface area (Å²) in [6, 6.07) is 12.2.